The standard InChI is InChI=1S/C11H21NO4/c1-11(5-6-12(2)3)15-8-9(16-11)7-10(13)14-4/h9H,5-8H2,1-4H3. The molecular weight excluding hydrogens is 210 g/mol. The molecule has 0 bridgehead atoms. The molecule has 1 saturated heterocycles. The Morgan fingerprint density at radius 2 is 2.25 bits per heavy atom. The van der Waals surface area contributed by atoms with E-state index in [-0.39, 0.29) is 18.5 Å². The predicted molar refractivity (Wildman–Crippen MR) is 59.0 cm³/mol. The lowest BCUT2D eigenvalue weighted by molar-refractivity contribution is -0.165. The van der Waals surface area contributed by atoms with Crippen LogP contribution in [0.25, 0.3) is 0 Å². The van der Waals surface area contributed by atoms with E-state index in [2.05, 4.69) is 9.64 Å². The van der Waals surface area contributed by atoms with E-state index in [0.29, 0.717) is 6.61 Å². The van der Waals surface area contributed by atoms with Gasteiger partial charge in [0.05, 0.1) is 26.2 Å². The van der Waals surface area contributed by atoms with Crippen LogP contribution < -0.4 is 0 Å². The van der Waals surface area contributed by atoms with E-state index < -0.39 is 5.79 Å². The molecule has 0 spiro atoms. The minimum absolute atomic E-state index is 0.181. The number of carbonyl (C=O) groups excluding carboxylic acids is 1. The number of hydrogen-bond donors (Lipinski definition) is 0. The van der Waals surface area contributed by atoms with E-state index in [1.54, 1.807) is 0 Å². The predicted octanol–water partition coefficient (Wildman–Crippen LogP) is 0.633. The van der Waals surface area contributed by atoms with Crippen molar-refractivity contribution < 1.29 is 19.0 Å². The van der Waals surface area contributed by atoms with Crippen molar-refractivity contribution in [2.45, 2.75) is 31.7 Å². The van der Waals surface area contributed by atoms with Crippen LogP contribution in [-0.2, 0) is 19.0 Å². The first-order valence-electron chi connectivity index (χ1n) is 5.48. The average Bonchev–Trinajstić information content (AvgIpc) is 2.58. The Labute approximate surface area is 96.6 Å². The molecule has 0 amide bonds. The Kier molecular flexibility index (Phi) is 4.70. The third-order valence-electron chi connectivity index (χ3n) is 2.63. The first-order chi connectivity index (χ1) is 7.45. The number of hydrogen-bond acceptors (Lipinski definition) is 5. The lowest BCUT2D eigenvalue weighted by Crippen LogP contribution is -2.31. The van der Waals surface area contributed by atoms with E-state index in [1.165, 1.54) is 7.11 Å². The van der Waals surface area contributed by atoms with Crippen LogP contribution in [-0.4, -0.2) is 57.1 Å². The SMILES string of the molecule is COC(=O)CC1COC(C)(CCN(C)C)O1. The molecule has 0 N–H and O–H groups in total. The van der Waals surface area contributed by atoms with E-state index >= 15 is 0 Å². The number of nitrogens with zero attached hydrogens (tertiary/aromatic N) is 1. The van der Waals surface area contributed by atoms with Gasteiger partial charge < -0.3 is 19.1 Å². The minimum atomic E-state index is -0.567. The molecule has 0 radical (unpaired) electrons. The molecule has 94 valence electrons. The second-order valence-corrected chi connectivity index (χ2v) is 4.52. The second kappa shape index (κ2) is 5.61. The Bertz CT molecular complexity index is 244. The molecule has 0 saturated carbocycles. The van der Waals surface area contributed by atoms with Gasteiger partial charge in [-0.2, -0.15) is 0 Å². The topological polar surface area (TPSA) is 48.0 Å². The van der Waals surface area contributed by atoms with Gasteiger partial charge in [0, 0.05) is 13.0 Å². The van der Waals surface area contributed by atoms with Gasteiger partial charge in [-0.15, -0.1) is 0 Å². The molecule has 5 heteroatoms. The Hall–Kier alpha value is -0.650. The van der Waals surface area contributed by atoms with Gasteiger partial charge in [-0.25, -0.2) is 0 Å². The van der Waals surface area contributed by atoms with Crippen LogP contribution in [0.4, 0.5) is 0 Å². The van der Waals surface area contributed by atoms with Gasteiger partial charge in [-0.3, -0.25) is 4.79 Å². The molecule has 1 aliphatic rings. The normalized spacial score (nSPS) is 29.7. The first kappa shape index (κ1) is 13.4. The number of rotatable bonds is 5. The highest BCUT2D eigenvalue weighted by atomic mass is 16.7. The molecule has 5 nitrogen and oxygen atoms in total. The van der Waals surface area contributed by atoms with Crippen molar-refractivity contribution in [2.75, 3.05) is 34.4 Å². The van der Waals surface area contributed by atoms with Crippen molar-refractivity contribution in [3.05, 3.63) is 0 Å². The third-order valence-corrected chi connectivity index (χ3v) is 2.63. The molecule has 2 unspecified atom stereocenters. The summed E-state index contributed by atoms with van der Waals surface area (Å²) in [4.78, 5) is 13.2. The average molecular weight is 231 g/mol. The highest BCUT2D eigenvalue weighted by Crippen LogP contribution is 2.28. The van der Waals surface area contributed by atoms with Gasteiger partial charge in [0.15, 0.2) is 5.79 Å². The van der Waals surface area contributed by atoms with Gasteiger partial charge in [-0.05, 0) is 21.0 Å². The van der Waals surface area contributed by atoms with Crippen LogP contribution in [0.2, 0.25) is 0 Å². The lowest BCUT2D eigenvalue weighted by Gasteiger charge is -2.24. The monoisotopic (exact) mass is 231 g/mol. The van der Waals surface area contributed by atoms with Gasteiger partial charge in [0.1, 0.15) is 0 Å². The molecule has 0 aromatic rings. The Morgan fingerprint density at radius 3 is 2.81 bits per heavy atom. The molecule has 16 heavy (non-hydrogen) atoms. The van der Waals surface area contributed by atoms with Crippen LogP contribution in [0.1, 0.15) is 19.8 Å². The second-order valence-electron chi connectivity index (χ2n) is 4.52. The summed E-state index contributed by atoms with van der Waals surface area (Å²) in [5.41, 5.74) is 0. The summed E-state index contributed by atoms with van der Waals surface area (Å²) in [6.45, 7) is 3.26. The van der Waals surface area contributed by atoms with Crippen molar-refractivity contribution in [3.8, 4) is 0 Å². The van der Waals surface area contributed by atoms with Crippen molar-refractivity contribution in [3.63, 3.8) is 0 Å². The molecule has 0 aromatic heterocycles. The fraction of sp³-hybridized carbons (Fsp3) is 0.909. The zero-order valence-corrected chi connectivity index (χ0v) is 10.5. The van der Waals surface area contributed by atoms with E-state index in [4.69, 9.17) is 9.47 Å². The number of ether oxygens (including phenoxy) is 3. The summed E-state index contributed by atoms with van der Waals surface area (Å²) in [6.07, 6.45) is 0.866. The van der Waals surface area contributed by atoms with Crippen LogP contribution in [0.3, 0.4) is 0 Å². The molecule has 1 fully saturated rings. The van der Waals surface area contributed by atoms with E-state index in [1.807, 2.05) is 21.0 Å². The summed E-state index contributed by atoms with van der Waals surface area (Å²) in [7, 11) is 5.39. The van der Waals surface area contributed by atoms with Gasteiger partial charge in [0.2, 0.25) is 0 Å². The van der Waals surface area contributed by atoms with Gasteiger partial charge >= 0.3 is 5.97 Å². The van der Waals surface area contributed by atoms with Crippen molar-refractivity contribution >= 4 is 5.97 Å². The zero-order chi connectivity index (χ0) is 12.2. The fourth-order valence-corrected chi connectivity index (χ4v) is 1.62. The zero-order valence-electron chi connectivity index (χ0n) is 10.5. The summed E-state index contributed by atoms with van der Waals surface area (Å²) in [6, 6.07) is 0. The minimum Gasteiger partial charge on any atom is -0.469 e. The van der Waals surface area contributed by atoms with Gasteiger partial charge in [-0.1, -0.05) is 0 Å². The van der Waals surface area contributed by atoms with E-state index in [9.17, 15) is 4.79 Å². The summed E-state index contributed by atoms with van der Waals surface area (Å²) < 4.78 is 15.9. The van der Waals surface area contributed by atoms with Gasteiger partial charge in [0.25, 0.3) is 0 Å². The van der Waals surface area contributed by atoms with Crippen LogP contribution in [0.5, 0.6) is 0 Å². The first-order valence-corrected chi connectivity index (χ1v) is 5.48. The summed E-state index contributed by atoms with van der Waals surface area (Å²) in [5.74, 6) is -0.825. The third kappa shape index (κ3) is 4.08. The summed E-state index contributed by atoms with van der Waals surface area (Å²) in [5, 5.41) is 0. The number of methoxy groups -OCH3 is 1. The Balaban J connectivity index is 2.35. The number of esters is 1. The summed E-state index contributed by atoms with van der Waals surface area (Å²) >= 11 is 0. The maximum Gasteiger partial charge on any atom is 0.308 e. The van der Waals surface area contributed by atoms with Crippen molar-refractivity contribution in [1.82, 2.24) is 4.90 Å². The molecular formula is C11H21NO4. The van der Waals surface area contributed by atoms with Crippen molar-refractivity contribution in [1.29, 1.82) is 0 Å². The van der Waals surface area contributed by atoms with Crippen LogP contribution >= 0.6 is 0 Å². The fourth-order valence-electron chi connectivity index (χ4n) is 1.62. The van der Waals surface area contributed by atoms with Crippen LogP contribution in [0, 0.1) is 0 Å². The molecule has 1 heterocycles. The maximum atomic E-state index is 11.1. The molecule has 1 aliphatic heterocycles. The van der Waals surface area contributed by atoms with Crippen LogP contribution in [0.15, 0.2) is 0 Å². The van der Waals surface area contributed by atoms with Crippen molar-refractivity contribution in [2.24, 2.45) is 0 Å². The quantitative estimate of drug-likeness (QED) is 0.650. The molecule has 1 rings (SSSR count). The molecule has 0 aromatic carbocycles. The van der Waals surface area contributed by atoms with E-state index in [0.717, 1.165) is 13.0 Å². The Morgan fingerprint density at radius 1 is 1.56 bits per heavy atom. The highest BCUT2D eigenvalue weighted by molar-refractivity contribution is 5.69. The maximum absolute atomic E-state index is 11.1. The number of carbonyl (C=O) groups is 1. The lowest BCUT2D eigenvalue weighted by atomic mass is 10.2. The molecule has 2 atom stereocenters. The largest absolute Gasteiger partial charge is 0.469 e. The smallest absolute Gasteiger partial charge is 0.308 e. The highest BCUT2D eigenvalue weighted by Gasteiger charge is 2.37. The molecule has 0 aliphatic carbocycles.